The second-order valence-electron chi connectivity index (χ2n) is 5.71. The minimum Gasteiger partial charge on any atom is -0.377 e. The molecule has 2 fully saturated rings. The van der Waals surface area contributed by atoms with Crippen LogP contribution >= 0.6 is 15.9 Å². The second-order valence-corrected chi connectivity index (χ2v) is 6.82. The minimum atomic E-state index is 0.507. The highest BCUT2D eigenvalue weighted by Gasteiger charge is 2.54. The van der Waals surface area contributed by atoms with Gasteiger partial charge in [-0.05, 0) is 25.2 Å². The second kappa shape index (κ2) is 4.75. The van der Waals surface area contributed by atoms with Crippen LogP contribution in [0.15, 0.2) is 0 Å². The average molecular weight is 275 g/mol. The van der Waals surface area contributed by atoms with Crippen molar-refractivity contribution < 1.29 is 4.74 Å². The first-order valence-electron chi connectivity index (χ1n) is 6.41. The van der Waals surface area contributed by atoms with Crippen molar-refractivity contribution in [3.8, 4) is 0 Å². The summed E-state index contributed by atoms with van der Waals surface area (Å²) in [6, 6.07) is 0. The molecule has 0 aromatic heterocycles. The predicted octanol–water partition coefficient (Wildman–Crippen LogP) is 4.15. The van der Waals surface area contributed by atoms with Crippen molar-refractivity contribution in [3.63, 3.8) is 0 Å². The summed E-state index contributed by atoms with van der Waals surface area (Å²) in [5.41, 5.74) is 0.507. The van der Waals surface area contributed by atoms with Crippen LogP contribution in [-0.4, -0.2) is 17.5 Å². The maximum absolute atomic E-state index is 6.07. The van der Waals surface area contributed by atoms with E-state index in [-0.39, 0.29) is 0 Å². The lowest BCUT2D eigenvalue weighted by Gasteiger charge is -2.55. The molecule has 2 atom stereocenters. The average Bonchev–Trinajstić information content (AvgIpc) is 2.25. The van der Waals surface area contributed by atoms with E-state index in [1.807, 2.05) is 0 Å². The Bertz CT molecular complexity index is 209. The summed E-state index contributed by atoms with van der Waals surface area (Å²) in [4.78, 5) is 0.725. The van der Waals surface area contributed by atoms with Crippen LogP contribution in [0.2, 0.25) is 0 Å². The molecular formula is C13H23BrO. The lowest BCUT2D eigenvalue weighted by Crippen LogP contribution is -2.56. The largest absolute Gasteiger partial charge is 0.377 e. The molecule has 2 heteroatoms. The molecule has 0 radical (unpaired) electrons. The molecule has 0 aromatic rings. The Hall–Kier alpha value is 0.440. The molecular weight excluding hydrogens is 252 g/mol. The molecule has 0 N–H and O–H groups in total. The molecule has 2 aliphatic carbocycles. The van der Waals surface area contributed by atoms with Gasteiger partial charge in [0.2, 0.25) is 0 Å². The maximum atomic E-state index is 6.07. The molecule has 0 bridgehead atoms. The summed E-state index contributed by atoms with van der Waals surface area (Å²) in [6.45, 7) is 5.40. The fourth-order valence-corrected chi connectivity index (χ4v) is 4.18. The molecule has 0 aromatic carbocycles. The lowest BCUT2D eigenvalue weighted by molar-refractivity contribution is -0.126. The predicted molar refractivity (Wildman–Crippen MR) is 67.4 cm³/mol. The number of halogens is 1. The van der Waals surface area contributed by atoms with Crippen molar-refractivity contribution in [2.45, 2.75) is 63.3 Å². The standard InChI is InChI=1S/C13H23BrO/c1-10(2)9-15-12-8-11(14)13(12)6-4-3-5-7-13/h10-12H,3-9H2,1-2H3. The van der Waals surface area contributed by atoms with E-state index in [4.69, 9.17) is 4.74 Å². The van der Waals surface area contributed by atoms with E-state index < -0.39 is 0 Å². The molecule has 2 saturated carbocycles. The fourth-order valence-electron chi connectivity index (χ4n) is 3.09. The number of hydrogen-bond acceptors (Lipinski definition) is 1. The Morgan fingerprint density at radius 2 is 1.93 bits per heavy atom. The van der Waals surface area contributed by atoms with Gasteiger partial charge in [-0.1, -0.05) is 49.0 Å². The molecule has 1 spiro atoms. The normalized spacial score (nSPS) is 34.4. The third kappa shape index (κ3) is 2.26. The van der Waals surface area contributed by atoms with Crippen molar-refractivity contribution in [2.24, 2.45) is 11.3 Å². The Morgan fingerprint density at radius 3 is 2.47 bits per heavy atom. The van der Waals surface area contributed by atoms with E-state index in [1.54, 1.807) is 0 Å². The number of alkyl halides is 1. The van der Waals surface area contributed by atoms with Gasteiger partial charge in [0.05, 0.1) is 6.10 Å². The van der Waals surface area contributed by atoms with Crippen LogP contribution in [0.1, 0.15) is 52.4 Å². The van der Waals surface area contributed by atoms with Crippen LogP contribution in [0, 0.1) is 11.3 Å². The highest BCUT2D eigenvalue weighted by Crippen LogP contribution is 2.56. The van der Waals surface area contributed by atoms with Crippen LogP contribution in [0.3, 0.4) is 0 Å². The van der Waals surface area contributed by atoms with Gasteiger partial charge in [0.25, 0.3) is 0 Å². The van der Waals surface area contributed by atoms with Crippen molar-refractivity contribution in [3.05, 3.63) is 0 Å². The summed E-state index contributed by atoms with van der Waals surface area (Å²) in [5.74, 6) is 0.667. The number of ether oxygens (including phenoxy) is 1. The summed E-state index contributed by atoms with van der Waals surface area (Å²) >= 11 is 3.85. The molecule has 0 heterocycles. The minimum absolute atomic E-state index is 0.507. The van der Waals surface area contributed by atoms with Crippen molar-refractivity contribution in [1.29, 1.82) is 0 Å². The van der Waals surface area contributed by atoms with E-state index in [0.29, 0.717) is 17.4 Å². The van der Waals surface area contributed by atoms with Crippen LogP contribution < -0.4 is 0 Å². The van der Waals surface area contributed by atoms with Crippen LogP contribution in [-0.2, 0) is 4.74 Å². The molecule has 0 aliphatic heterocycles. The molecule has 0 saturated heterocycles. The van der Waals surface area contributed by atoms with Gasteiger partial charge >= 0.3 is 0 Å². The van der Waals surface area contributed by atoms with E-state index in [1.165, 1.54) is 38.5 Å². The smallest absolute Gasteiger partial charge is 0.0653 e. The molecule has 2 aliphatic rings. The van der Waals surface area contributed by atoms with E-state index in [0.717, 1.165) is 11.4 Å². The van der Waals surface area contributed by atoms with Gasteiger partial charge in [0.15, 0.2) is 0 Å². The van der Waals surface area contributed by atoms with Crippen LogP contribution in [0.4, 0.5) is 0 Å². The third-order valence-corrected chi connectivity index (χ3v) is 5.39. The topological polar surface area (TPSA) is 9.23 Å². The van der Waals surface area contributed by atoms with Crippen molar-refractivity contribution in [2.75, 3.05) is 6.61 Å². The van der Waals surface area contributed by atoms with E-state index in [9.17, 15) is 0 Å². The zero-order valence-corrected chi connectivity index (χ0v) is 11.6. The van der Waals surface area contributed by atoms with E-state index in [2.05, 4.69) is 29.8 Å². The molecule has 2 rings (SSSR count). The molecule has 1 nitrogen and oxygen atoms in total. The quantitative estimate of drug-likeness (QED) is 0.703. The van der Waals surface area contributed by atoms with Gasteiger partial charge in [-0.3, -0.25) is 0 Å². The summed E-state index contributed by atoms with van der Waals surface area (Å²) in [7, 11) is 0. The Kier molecular flexibility index (Phi) is 3.77. The summed E-state index contributed by atoms with van der Waals surface area (Å²) < 4.78 is 6.07. The van der Waals surface area contributed by atoms with Gasteiger partial charge < -0.3 is 4.74 Å². The van der Waals surface area contributed by atoms with Crippen LogP contribution in [0.5, 0.6) is 0 Å². The Morgan fingerprint density at radius 1 is 1.27 bits per heavy atom. The highest BCUT2D eigenvalue weighted by molar-refractivity contribution is 9.09. The third-order valence-electron chi connectivity index (χ3n) is 4.10. The van der Waals surface area contributed by atoms with Crippen molar-refractivity contribution >= 4 is 15.9 Å². The first-order valence-corrected chi connectivity index (χ1v) is 7.32. The SMILES string of the molecule is CC(C)COC1CC(Br)C12CCCCC2. The fraction of sp³-hybridized carbons (Fsp3) is 1.00. The lowest BCUT2D eigenvalue weighted by atomic mass is 9.58. The Balaban J connectivity index is 1.90. The van der Waals surface area contributed by atoms with Gasteiger partial charge in [0.1, 0.15) is 0 Å². The van der Waals surface area contributed by atoms with E-state index >= 15 is 0 Å². The summed E-state index contributed by atoms with van der Waals surface area (Å²) in [6.07, 6.45) is 8.78. The molecule has 15 heavy (non-hydrogen) atoms. The van der Waals surface area contributed by atoms with Crippen molar-refractivity contribution in [1.82, 2.24) is 0 Å². The maximum Gasteiger partial charge on any atom is 0.0653 e. The highest BCUT2D eigenvalue weighted by atomic mass is 79.9. The first-order chi connectivity index (χ1) is 7.15. The zero-order valence-electron chi connectivity index (χ0n) is 9.97. The van der Waals surface area contributed by atoms with Gasteiger partial charge in [0, 0.05) is 16.8 Å². The van der Waals surface area contributed by atoms with Gasteiger partial charge in [-0.25, -0.2) is 0 Å². The van der Waals surface area contributed by atoms with Gasteiger partial charge in [-0.2, -0.15) is 0 Å². The Labute approximate surface area is 102 Å². The van der Waals surface area contributed by atoms with Gasteiger partial charge in [-0.15, -0.1) is 0 Å². The monoisotopic (exact) mass is 274 g/mol. The number of hydrogen-bond donors (Lipinski definition) is 0. The zero-order chi connectivity index (χ0) is 10.9. The molecule has 2 unspecified atom stereocenters. The first kappa shape index (κ1) is 11.9. The molecule has 88 valence electrons. The number of rotatable bonds is 3. The summed E-state index contributed by atoms with van der Waals surface area (Å²) in [5, 5.41) is 0. The molecule has 0 amide bonds. The van der Waals surface area contributed by atoms with Crippen LogP contribution in [0.25, 0.3) is 0 Å².